The van der Waals surface area contributed by atoms with Gasteiger partial charge < -0.3 is 24.4 Å². The standard InChI is InChI=1S/C29H33N3O6/c1-3-4-17-31-18-15-26(16-19-31)37-24-12-7-22(8-13-24)30-29(33)21-5-10-25(11-6-21)38-27-14-9-23(32(34)35)20-28(27)36-2/h5-14,20,26H,3-4,15-19H2,1-2H3,(H,30,33). The summed E-state index contributed by atoms with van der Waals surface area (Å²) in [6.45, 7) is 5.53. The molecule has 1 aliphatic heterocycles. The van der Waals surface area contributed by atoms with E-state index < -0.39 is 4.92 Å². The lowest BCUT2D eigenvalue weighted by atomic mass is 10.1. The third-order valence-electron chi connectivity index (χ3n) is 6.48. The van der Waals surface area contributed by atoms with Gasteiger partial charge in [-0.2, -0.15) is 0 Å². The Bertz CT molecular complexity index is 1220. The topological polar surface area (TPSA) is 103 Å². The Morgan fingerprint density at radius 3 is 2.32 bits per heavy atom. The Morgan fingerprint density at radius 1 is 1.00 bits per heavy atom. The molecule has 0 aromatic heterocycles. The van der Waals surface area contributed by atoms with Gasteiger partial charge in [-0.3, -0.25) is 14.9 Å². The van der Waals surface area contributed by atoms with Crippen molar-refractivity contribution in [3.05, 3.63) is 82.4 Å². The lowest BCUT2D eigenvalue weighted by Crippen LogP contribution is -2.38. The van der Waals surface area contributed by atoms with Crippen LogP contribution in [0.5, 0.6) is 23.0 Å². The summed E-state index contributed by atoms with van der Waals surface area (Å²) < 4.78 is 17.1. The minimum absolute atomic E-state index is 0.0936. The molecular formula is C29H33N3O6. The summed E-state index contributed by atoms with van der Waals surface area (Å²) in [6.07, 6.45) is 4.74. The molecule has 0 atom stereocenters. The number of benzene rings is 3. The Balaban J connectivity index is 1.28. The number of nitro groups is 1. The van der Waals surface area contributed by atoms with E-state index in [0.29, 0.717) is 22.7 Å². The van der Waals surface area contributed by atoms with E-state index in [4.69, 9.17) is 14.2 Å². The molecule has 4 rings (SSSR count). The van der Waals surface area contributed by atoms with Crippen LogP contribution in [0.15, 0.2) is 66.7 Å². The molecule has 1 aliphatic rings. The van der Waals surface area contributed by atoms with Crippen molar-refractivity contribution < 1.29 is 23.9 Å². The van der Waals surface area contributed by atoms with E-state index in [9.17, 15) is 14.9 Å². The van der Waals surface area contributed by atoms with Crippen LogP contribution in [-0.2, 0) is 0 Å². The number of amides is 1. The van der Waals surface area contributed by atoms with Crippen LogP contribution in [0.1, 0.15) is 43.0 Å². The van der Waals surface area contributed by atoms with Gasteiger partial charge in [0, 0.05) is 30.4 Å². The lowest BCUT2D eigenvalue weighted by molar-refractivity contribution is -0.384. The number of likely N-dealkylation sites (tertiary alicyclic amines) is 1. The highest BCUT2D eigenvalue weighted by molar-refractivity contribution is 6.04. The normalized spacial score (nSPS) is 14.1. The molecule has 1 amide bonds. The van der Waals surface area contributed by atoms with Crippen LogP contribution in [-0.4, -0.2) is 48.6 Å². The molecule has 1 fully saturated rings. The lowest BCUT2D eigenvalue weighted by Gasteiger charge is -2.32. The highest BCUT2D eigenvalue weighted by Gasteiger charge is 2.20. The summed E-state index contributed by atoms with van der Waals surface area (Å²) in [5, 5.41) is 13.9. The molecule has 0 radical (unpaired) electrons. The first-order valence-electron chi connectivity index (χ1n) is 12.9. The summed E-state index contributed by atoms with van der Waals surface area (Å²) in [7, 11) is 1.41. The van der Waals surface area contributed by atoms with Crippen molar-refractivity contribution in [1.29, 1.82) is 0 Å². The molecule has 1 saturated heterocycles. The maximum absolute atomic E-state index is 12.7. The van der Waals surface area contributed by atoms with Gasteiger partial charge in [-0.15, -0.1) is 0 Å². The van der Waals surface area contributed by atoms with E-state index in [1.54, 1.807) is 24.3 Å². The van der Waals surface area contributed by atoms with Gasteiger partial charge in [0.2, 0.25) is 0 Å². The van der Waals surface area contributed by atoms with E-state index in [2.05, 4.69) is 17.1 Å². The summed E-state index contributed by atoms with van der Waals surface area (Å²) in [6, 6.07) is 18.1. The number of hydrogen-bond acceptors (Lipinski definition) is 7. The molecule has 0 saturated carbocycles. The number of hydrogen-bond donors (Lipinski definition) is 1. The predicted molar refractivity (Wildman–Crippen MR) is 146 cm³/mol. The number of carbonyl (C=O) groups is 1. The van der Waals surface area contributed by atoms with Crippen LogP contribution < -0.4 is 19.5 Å². The number of carbonyl (C=O) groups excluding carboxylic acids is 1. The molecule has 0 unspecified atom stereocenters. The first-order valence-corrected chi connectivity index (χ1v) is 12.9. The monoisotopic (exact) mass is 519 g/mol. The third-order valence-corrected chi connectivity index (χ3v) is 6.48. The quantitative estimate of drug-likeness (QED) is 0.234. The molecule has 9 nitrogen and oxygen atoms in total. The number of ether oxygens (including phenoxy) is 3. The molecule has 0 spiro atoms. The molecule has 9 heteroatoms. The van der Waals surface area contributed by atoms with Gasteiger partial charge in [-0.25, -0.2) is 0 Å². The van der Waals surface area contributed by atoms with Gasteiger partial charge in [0.25, 0.3) is 11.6 Å². The number of piperidine rings is 1. The molecule has 3 aromatic carbocycles. The number of nitro benzene ring substituents is 1. The number of nitrogens with zero attached hydrogens (tertiary/aromatic N) is 2. The SMILES string of the molecule is CCCCN1CCC(Oc2ccc(NC(=O)c3ccc(Oc4ccc([N+](=O)[O-])cc4OC)cc3)cc2)CC1. The van der Waals surface area contributed by atoms with E-state index in [1.807, 2.05) is 24.3 Å². The second kappa shape index (κ2) is 12.9. The van der Waals surface area contributed by atoms with Crippen molar-refractivity contribution in [3.8, 4) is 23.0 Å². The van der Waals surface area contributed by atoms with Crippen molar-refractivity contribution in [2.24, 2.45) is 0 Å². The third kappa shape index (κ3) is 7.23. The van der Waals surface area contributed by atoms with Gasteiger partial charge in [0.1, 0.15) is 17.6 Å². The second-order valence-electron chi connectivity index (χ2n) is 9.21. The minimum atomic E-state index is -0.501. The van der Waals surface area contributed by atoms with E-state index in [1.165, 1.54) is 44.7 Å². The van der Waals surface area contributed by atoms with Crippen molar-refractivity contribution in [3.63, 3.8) is 0 Å². The summed E-state index contributed by atoms with van der Waals surface area (Å²) in [4.78, 5) is 25.7. The fraction of sp³-hybridized carbons (Fsp3) is 0.345. The number of rotatable bonds is 11. The molecule has 3 aromatic rings. The van der Waals surface area contributed by atoms with Crippen molar-refractivity contribution in [1.82, 2.24) is 4.90 Å². The highest BCUT2D eigenvalue weighted by Crippen LogP contribution is 2.34. The van der Waals surface area contributed by atoms with Gasteiger partial charge in [0.15, 0.2) is 11.5 Å². The largest absolute Gasteiger partial charge is 0.493 e. The van der Waals surface area contributed by atoms with E-state index >= 15 is 0 Å². The second-order valence-corrected chi connectivity index (χ2v) is 9.21. The molecule has 38 heavy (non-hydrogen) atoms. The maximum atomic E-state index is 12.7. The van der Waals surface area contributed by atoms with E-state index in [0.717, 1.165) is 31.7 Å². The molecule has 0 aliphatic carbocycles. The predicted octanol–water partition coefficient (Wildman–Crippen LogP) is 6.29. The van der Waals surface area contributed by atoms with Gasteiger partial charge in [0.05, 0.1) is 18.1 Å². The Kier molecular flexibility index (Phi) is 9.16. The summed E-state index contributed by atoms with van der Waals surface area (Å²) in [5.41, 5.74) is 1.04. The van der Waals surface area contributed by atoms with Crippen LogP contribution in [0.25, 0.3) is 0 Å². The number of anilines is 1. The van der Waals surface area contributed by atoms with E-state index in [-0.39, 0.29) is 23.4 Å². The van der Waals surface area contributed by atoms with Crippen LogP contribution in [0.3, 0.4) is 0 Å². The summed E-state index contributed by atoms with van der Waals surface area (Å²) in [5.74, 6) is 1.59. The fourth-order valence-electron chi connectivity index (χ4n) is 4.30. The van der Waals surface area contributed by atoms with Crippen LogP contribution in [0.4, 0.5) is 11.4 Å². The van der Waals surface area contributed by atoms with Gasteiger partial charge >= 0.3 is 0 Å². The molecular weight excluding hydrogens is 486 g/mol. The van der Waals surface area contributed by atoms with Gasteiger partial charge in [-0.05, 0) is 80.4 Å². The maximum Gasteiger partial charge on any atom is 0.273 e. The zero-order chi connectivity index (χ0) is 26.9. The first-order chi connectivity index (χ1) is 18.4. The van der Waals surface area contributed by atoms with Crippen molar-refractivity contribution >= 4 is 17.3 Å². The smallest absolute Gasteiger partial charge is 0.273 e. The average molecular weight is 520 g/mol. The Hall–Kier alpha value is -4.11. The average Bonchev–Trinajstić information content (AvgIpc) is 2.94. The van der Waals surface area contributed by atoms with Crippen LogP contribution >= 0.6 is 0 Å². The molecule has 1 N–H and O–H groups in total. The molecule has 200 valence electrons. The zero-order valence-corrected chi connectivity index (χ0v) is 21.7. The van der Waals surface area contributed by atoms with Gasteiger partial charge in [-0.1, -0.05) is 13.3 Å². The van der Waals surface area contributed by atoms with Crippen LogP contribution in [0, 0.1) is 10.1 Å². The number of unbranched alkanes of at least 4 members (excludes halogenated alkanes) is 1. The van der Waals surface area contributed by atoms with Crippen LogP contribution in [0.2, 0.25) is 0 Å². The Morgan fingerprint density at radius 2 is 1.68 bits per heavy atom. The highest BCUT2D eigenvalue weighted by atomic mass is 16.6. The van der Waals surface area contributed by atoms with Crippen molar-refractivity contribution in [2.45, 2.75) is 38.7 Å². The molecule has 1 heterocycles. The number of nitrogens with one attached hydrogen (secondary N) is 1. The summed E-state index contributed by atoms with van der Waals surface area (Å²) >= 11 is 0. The van der Waals surface area contributed by atoms with Crippen molar-refractivity contribution in [2.75, 3.05) is 32.1 Å². The molecule has 0 bridgehead atoms. The number of non-ortho nitro benzene ring substituents is 1. The fourth-order valence-corrected chi connectivity index (χ4v) is 4.30. The Labute approximate surface area is 222 Å². The first kappa shape index (κ1) is 26.9. The zero-order valence-electron chi connectivity index (χ0n) is 21.7. The number of methoxy groups -OCH3 is 1. The minimum Gasteiger partial charge on any atom is -0.493 e.